The summed E-state index contributed by atoms with van der Waals surface area (Å²) in [6.07, 6.45) is 1.62. The molecule has 8 heteroatoms. The van der Waals surface area contributed by atoms with Gasteiger partial charge >= 0.3 is 0 Å². The number of carbonyl (C=O) groups excluding carboxylic acids is 3. The van der Waals surface area contributed by atoms with Gasteiger partial charge in [0, 0.05) is 10.0 Å². The minimum absolute atomic E-state index is 0.249. The van der Waals surface area contributed by atoms with E-state index >= 15 is 0 Å². The molecule has 1 fully saturated rings. The van der Waals surface area contributed by atoms with Gasteiger partial charge in [0.1, 0.15) is 6.61 Å². The number of nitrogens with zero attached hydrogens (tertiary/aromatic N) is 1. The van der Waals surface area contributed by atoms with Crippen molar-refractivity contribution in [3.05, 3.63) is 98.9 Å². The Morgan fingerprint density at radius 2 is 1.71 bits per heavy atom. The predicted molar refractivity (Wildman–Crippen MR) is 140 cm³/mol. The number of benzene rings is 3. The van der Waals surface area contributed by atoms with E-state index in [1.54, 1.807) is 48.5 Å². The average Bonchev–Trinajstić information content (AvgIpc) is 3.12. The van der Waals surface area contributed by atoms with Crippen LogP contribution in [-0.2, 0) is 11.4 Å². The Morgan fingerprint density at radius 3 is 2.43 bits per heavy atom. The van der Waals surface area contributed by atoms with E-state index in [0.29, 0.717) is 35.8 Å². The van der Waals surface area contributed by atoms with E-state index in [9.17, 15) is 14.4 Å². The molecule has 1 heterocycles. The van der Waals surface area contributed by atoms with Crippen molar-refractivity contribution in [1.29, 1.82) is 0 Å². The first-order valence-electron chi connectivity index (χ1n) is 10.9. The van der Waals surface area contributed by atoms with Gasteiger partial charge in [-0.15, -0.1) is 0 Å². The Kier molecular flexibility index (Phi) is 8.05. The maximum Gasteiger partial charge on any atom is 0.293 e. The van der Waals surface area contributed by atoms with Gasteiger partial charge in [0.05, 0.1) is 18.1 Å². The third-order valence-electron chi connectivity index (χ3n) is 5.14. The number of hydrogen-bond donors (Lipinski definition) is 0. The molecule has 35 heavy (non-hydrogen) atoms. The van der Waals surface area contributed by atoms with Gasteiger partial charge in [-0.05, 0) is 60.2 Å². The maximum absolute atomic E-state index is 12.9. The Labute approximate surface area is 216 Å². The van der Waals surface area contributed by atoms with E-state index in [1.807, 2.05) is 37.3 Å². The Morgan fingerprint density at radius 1 is 0.971 bits per heavy atom. The summed E-state index contributed by atoms with van der Waals surface area (Å²) in [5.74, 6) is 0.329. The summed E-state index contributed by atoms with van der Waals surface area (Å²) >= 11 is 4.14. The molecule has 2 amide bonds. The fourth-order valence-corrected chi connectivity index (χ4v) is 4.50. The first-order valence-corrected chi connectivity index (χ1v) is 12.5. The monoisotopic (exact) mass is 551 g/mol. The largest absolute Gasteiger partial charge is 0.490 e. The Balaban J connectivity index is 1.48. The second-order valence-electron chi connectivity index (χ2n) is 7.61. The van der Waals surface area contributed by atoms with E-state index in [1.165, 1.54) is 0 Å². The molecule has 0 N–H and O–H groups in total. The van der Waals surface area contributed by atoms with Crippen molar-refractivity contribution in [2.45, 2.75) is 13.5 Å². The van der Waals surface area contributed by atoms with Crippen LogP contribution in [0.2, 0.25) is 0 Å². The number of ketones is 1. The summed E-state index contributed by atoms with van der Waals surface area (Å²) in [5, 5.41) is -0.473. The van der Waals surface area contributed by atoms with Crippen molar-refractivity contribution >= 4 is 50.7 Å². The summed E-state index contributed by atoms with van der Waals surface area (Å²) in [5.41, 5.74) is 2.15. The highest BCUT2D eigenvalue weighted by Crippen LogP contribution is 2.35. The number of hydrogen-bond acceptors (Lipinski definition) is 6. The summed E-state index contributed by atoms with van der Waals surface area (Å²) in [4.78, 5) is 39.1. The molecule has 1 aliphatic rings. The molecule has 178 valence electrons. The van der Waals surface area contributed by atoms with Crippen LogP contribution in [0.5, 0.6) is 11.5 Å². The van der Waals surface area contributed by atoms with E-state index in [0.717, 1.165) is 26.7 Å². The summed E-state index contributed by atoms with van der Waals surface area (Å²) < 4.78 is 12.5. The molecular formula is C27H22BrNO5S. The Bertz CT molecular complexity index is 1270. The van der Waals surface area contributed by atoms with Crippen LogP contribution in [0.1, 0.15) is 28.4 Å². The van der Waals surface area contributed by atoms with Gasteiger partial charge in [-0.3, -0.25) is 19.3 Å². The summed E-state index contributed by atoms with van der Waals surface area (Å²) in [6.45, 7) is 2.41. The lowest BCUT2D eigenvalue weighted by Crippen LogP contribution is -2.33. The van der Waals surface area contributed by atoms with Gasteiger partial charge in [0.2, 0.25) is 0 Å². The molecule has 0 bridgehead atoms. The fourth-order valence-electron chi connectivity index (χ4n) is 3.40. The second-order valence-corrected chi connectivity index (χ2v) is 9.52. The minimum atomic E-state index is -0.493. The van der Waals surface area contributed by atoms with Crippen molar-refractivity contribution < 1.29 is 23.9 Å². The first kappa shape index (κ1) is 24.8. The van der Waals surface area contributed by atoms with Crippen LogP contribution in [0, 0.1) is 0 Å². The molecule has 3 aromatic carbocycles. The van der Waals surface area contributed by atoms with Gasteiger partial charge in [0.15, 0.2) is 17.3 Å². The SMILES string of the molecule is CCOc1cc(/C=C2/SC(=O)N(CC(=O)c3ccc(Br)cc3)C2=O)ccc1OCc1ccccc1. The fraction of sp³-hybridized carbons (Fsp3) is 0.148. The quantitative estimate of drug-likeness (QED) is 0.228. The summed E-state index contributed by atoms with van der Waals surface area (Å²) in [6, 6.07) is 21.9. The lowest BCUT2D eigenvalue weighted by atomic mass is 10.1. The number of Topliss-reactive ketones (excluding diaryl/α,β-unsaturated/α-hetero) is 1. The third kappa shape index (κ3) is 6.21. The number of amides is 2. The number of imide groups is 1. The molecule has 4 rings (SSSR count). The molecule has 3 aromatic rings. The smallest absolute Gasteiger partial charge is 0.293 e. The van der Waals surface area contributed by atoms with Crippen LogP contribution in [-0.4, -0.2) is 35.0 Å². The molecule has 0 atom stereocenters. The van der Waals surface area contributed by atoms with Gasteiger partial charge in [-0.25, -0.2) is 0 Å². The van der Waals surface area contributed by atoms with Crippen molar-refractivity contribution in [3.63, 3.8) is 0 Å². The molecule has 0 saturated carbocycles. The summed E-state index contributed by atoms with van der Waals surface area (Å²) in [7, 11) is 0. The van der Waals surface area contributed by atoms with Crippen LogP contribution >= 0.6 is 27.7 Å². The van der Waals surface area contributed by atoms with Crippen molar-refractivity contribution in [1.82, 2.24) is 4.90 Å². The highest BCUT2D eigenvalue weighted by Gasteiger charge is 2.36. The van der Waals surface area contributed by atoms with Crippen LogP contribution in [0.3, 0.4) is 0 Å². The highest BCUT2D eigenvalue weighted by molar-refractivity contribution is 9.10. The first-order chi connectivity index (χ1) is 16.9. The zero-order valence-corrected chi connectivity index (χ0v) is 21.3. The van der Waals surface area contributed by atoms with E-state index in [-0.39, 0.29) is 17.2 Å². The third-order valence-corrected chi connectivity index (χ3v) is 6.58. The number of halogens is 1. The van der Waals surface area contributed by atoms with Gasteiger partial charge in [0.25, 0.3) is 11.1 Å². The van der Waals surface area contributed by atoms with E-state index < -0.39 is 11.1 Å². The number of ether oxygens (including phenoxy) is 2. The molecule has 0 radical (unpaired) electrons. The van der Waals surface area contributed by atoms with Crippen LogP contribution in [0.4, 0.5) is 4.79 Å². The number of thioether (sulfide) groups is 1. The highest BCUT2D eigenvalue weighted by atomic mass is 79.9. The zero-order chi connectivity index (χ0) is 24.8. The van der Waals surface area contributed by atoms with E-state index in [4.69, 9.17) is 9.47 Å². The normalized spacial score (nSPS) is 14.5. The second kappa shape index (κ2) is 11.4. The lowest BCUT2D eigenvalue weighted by Gasteiger charge is -2.13. The van der Waals surface area contributed by atoms with E-state index in [2.05, 4.69) is 15.9 Å². The molecule has 0 unspecified atom stereocenters. The molecule has 1 aliphatic heterocycles. The average molecular weight is 552 g/mol. The Hall–Kier alpha value is -3.36. The van der Waals surface area contributed by atoms with Crippen molar-refractivity contribution in [2.75, 3.05) is 13.2 Å². The van der Waals surface area contributed by atoms with Crippen molar-refractivity contribution in [3.8, 4) is 11.5 Å². The molecule has 0 spiro atoms. The number of rotatable bonds is 9. The van der Waals surface area contributed by atoms with Gasteiger partial charge in [-0.2, -0.15) is 0 Å². The van der Waals surface area contributed by atoms with Crippen LogP contribution < -0.4 is 9.47 Å². The van der Waals surface area contributed by atoms with Gasteiger partial charge in [-0.1, -0.05) is 64.5 Å². The van der Waals surface area contributed by atoms with Crippen molar-refractivity contribution in [2.24, 2.45) is 0 Å². The van der Waals surface area contributed by atoms with Gasteiger partial charge < -0.3 is 9.47 Å². The molecule has 1 saturated heterocycles. The minimum Gasteiger partial charge on any atom is -0.490 e. The molecule has 0 aliphatic carbocycles. The number of carbonyl (C=O) groups is 3. The maximum atomic E-state index is 12.9. The molecular weight excluding hydrogens is 530 g/mol. The molecule has 0 aromatic heterocycles. The topological polar surface area (TPSA) is 72.9 Å². The standard InChI is InChI=1S/C27H22BrNO5S/c1-2-33-24-14-19(8-13-23(24)34-17-18-6-4-3-5-7-18)15-25-26(31)29(27(32)35-25)16-22(30)20-9-11-21(28)12-10-20/h3-15H,2,16-17H2,1H3/b25-15+. The predicted octanol–water partition coefficient (Wildman–Crippen LogP) is 6.35. The molecule has 6 nitrogen and oxygen atoms in total. The van der Waals surface area contributed by atoms with Crippen LogP contribution in [0.25, 0.3) is 6.08 Å². The van der Waals surface area contributed by atoms with Crippen LogP contribution in [0.15, 0.2) is 82.2 Å². The lowest BCUT2D eigenvalue weighted by molar-refractivity contribution is -0.122. The zero-order valence-electron chi connectivity index (χ0n) is 18.9.